The van der Waals surface area contributed by atoms with Crippen molar-refractivity contribution in [2.45, 2.75) is 0 Å². The molecule has 0 radical (unpaired) electrons. The minimum atomic E-state index is 0.542. The summed E-state index contributed by atoms with van der Waals surface area (Å²) in [5, 5.41) is 9.30. The molecule has 0 saturated carbocycles. The van der Waals surface area contributed by atoms with Gasteiger partial charge in [0.2, 0.25) is 11.5 Å². The Balaban J connectivity index is 0.000000249. The molecule has 0 saturated heterocycles. The van der Waals surface area contributed by atoms with Crippen molar-refractivity contribution >= 4 is 44.3 Å². The van der Waals surface area contributed by atoms with Gasteiger partial charge in [-0.25, -0.2) is 9.50 Å². The number of nitrogens with one attached hydrogen (secondary N) is 1. The molecular formula is C32H33N5O6S. The van der Waals surface area contributed by atoms with E-state index in [1.807, 2.05) is 41.0 Å². The van der Waals surface area contributed by atoms with Crippen LogP contribution in [0.1, 0.15) is 0 Å². The van der Waals surface area contributed by atoms with Gasteiger partial charge in [-0.2, -0.15) is 0 Å². The van der Waals surface area contributed by atoms with Gasteiger partial charge >= 0.3 is 0 Å². The molecule has 0 spiro atoms. The van der Waals surface area contributed by atoms with E-state index in [9.17, 15) is 0 Å². The van der Waals surface area contributed by atoms with Crippen molar-refractivity contribution in [3.63, 3.8) is 0 Å². The molecule has 3 N–H and O–H groups in total. The number of aromatic nitrogens is 3. The summed E-state index contributed by atoms with van der Waals surface area (Å²) in [6.07, 6.45) is 1.86. The summed E-state index contributed by atoms with van der Waals surface area (Å²) in [5.41, 5.74) is 8.69. The highest BCUT2D eigenvalue weighted by Crippen LogP contribution is 2.41. The predicted octanol–water partition coefficient (Wildman–Crippen LogP) is 6.68. The van der Waals surface area contributed by atoms with Gasteiger partial charge in [0.15, 0.2) is 34.5 Å². The average Bonchev–Trinajstić information content (AvgIpc) is 3.68. The number of nitrogens with two attached hydrogens (primary N) is 1. The lowest BCUT2D eigenvalue weighted by Crippen LogP contribution is -2.01. The summed E-state index contributed by atoms with van der Waals surface area (Å²) in [7, 11) is 9.42. The molecule has 6 aromatic rings. The van der Waals surface area contributed by atoms with Gasteiger partial charge < -0.3 is 39.5 Å². The Morgan fingerprint density at radius 2 is 1.30 bits per heavy atom. The van der Waals surface area contributed by atoms with Crippen LogP contribution >= 0.6 is 11.3 Å². The number of hydrogen-bond donors (Lipinski definition) is 2. The van der Waals surface area contributed by atoms with Crippen molar-refractivity contribution in [1.82, 2.24) is 14.6 Å². The van der Waals surface area contributed by atoms with Crippen molar-refractivity contribution in [3.8, 4) is 45.1 Å². The number of rotatable bonds is 9. The number of ether oxygens (including phenoxy) is 6. The third-order valence-electron chi connectivity index (χ3n) is 6.66. The zero-order valence-corrected chi connectivity index (χ0v) is 26.0. The zero-order valence-electron chi connectivity index (χ0n) is 25.2. The van der Waals surface area contributed by atoms with E-state index in [-0.39, 0.29) is 0 Å². The van der Waals surface area contributed by atoms with Gasteiger partial charge in [-0.05, 0) is 29.7 Å². The second-order valence-corrected chi connectivity index (χ2v) is 10.4. The van der Waals surface area contributed by atoms with Crippen molar-refractivity contribution in [2.75, 3.05) is 53.7 Å². The number of benzene rings is 3. The van der Waals surface area contributed by atoms with E-state index in [4.69, 9.17) is 39.3 Å². The smallest absolute Gasteiger partial charge is 0.203 e. The maximum Gasteiger partial charge on any atom is 0.203 e. The molecule has 3 aromatic heterocycles. The monoisotopic (exact) mass is 615 g/mol. The van der Waals surface area contributed by atoms with Crippen LogP contribution in [0.3, 0.4) is 0 Å². The molecule has 0 atom stereocenters. The number of fused-ring (bicyclic) bond motifs is 2. The number of nitrogens with zero attached hydrogens (tertiary/aromatic N) is 3. The molecule has 44 heavy (non-hydrogen) atoms. The first kappa shape index (κ1) is 30.1. The summed E-state index contributed by atoms with van der Waals surface area (Å²) < 4.78 is 34.6. The molecule has 0 unspecified atom stereocenters. The summed E-state index contributed by atoms with van der Waals surface area (Å²) in [5.74, 6) is 4.04. The average molecular weight is 616 g/mol. The first-order valence-corrected chi connectivity index (χ1v) is 14.2. The van der Waals surface area contributed by atoms with Crippen LogP contribution in [0.2, 0.25) is 0 Å². The van der Waals surface area contributed by atoms with E-state index in [1.165, 1.54) is 10.1 Å². The molecule has 0 fully saturated rings. The Bertz CT molecular complexity index is 1820. The van der Waals surface area contributed by atoms with Crippen LogP contribution < -0.4 is 39.5 Å². The highest BCUT2D eigenvalue weighted by atomic mass is 32.1. The van der Waals surface area contributed by atoms with Crippen LogP contribution in [0.15, 0.2) is 72.9 Å². The van der Waals surface area contributed by atoms with Crippen LogP contribution in [0.5, 0.6) is 34.5 Å². The molecular weight excluding hydrogens is 582 g/mol. The lowest BCUT2D eigenvalue weighted by Gasteiger charge is -2.15. The van der Waals surface area contributed by atoms with Crippen LogP contribution in [0.4, 0.5) is 17.2 Å². The van der Waals surface area contributed by atoms with E-state index in [2.05, 4.69) is 34.6 Å². The van der Waals surface area contributed by atoms with E-state index < -0.39 is 0 Å². The van der Waals surface area contributed by atoms with Crippen molar-refractivity contribution in [1.29, 1.82) is 0 Å². The molecule has 0 aliphatic carbocycles. The number of thiophene rings is 1. The second kappa shape index (κ2) is 13.3. The summed E-state index contributed by atoms with van der Waals surface area (Å²) >= 11 is 1.73. The Morgan fingerprint density at radius 3 is 1.86 bits per heavy atom. The molecule has 0 amide bonds. The van der Waals surface area contributed by atoms with Crippen molar-refractivity contribution in [2.24, 2.45) is 0 Å². The molecule has 11 nitrogen and oxygen atoms in total. The third kappa shape index (κ3) is 6.06. The Kier molecular flexibility index (Phi) is 9.10. The Hall–Kier alpha value is -5.36. The first-order valence-electron chi connectivity index (χ1n) is 13.4. The van der Waals surface area contributed by atoms with Gasteiger partial charge in [0.25, 0.3) is 0 Å². The molecule has 0 aliphatic heterocycles. The van der Waals surface area contributed by atoms with Crippen LogP contribution in [-0.4, -0.2) is 57.3 Å². The van der Waals surface area contributed by atoms with Crippen molar-refractivity contribution in [3.05, 3.63) is 72.9 Å². The minimum Gasteiger partial charge on any atom is -0.493 e. The number of imidazole rings is 1. The molecule has 12 heteroatoms. The van der Waals surface area contributed by atoms with E-state index >= 15 is 0 Å². The van der Waals surface area contributed by atoms with Crippen LogP contribution in [-0.2, 0) is 0 Å². The van der Waals surface area contributed by atoms with Gasteiger partial charge in [-0.1, -0.05) is 18.2 Å². The number of anilines is 3. The third-order valence-corrected chi connectivity index (χ3v) is 7.80. The zero-order chi connectivity index (χ0) is 31.2. The van der Waals surface area contributed by atoms with Gasteiger partial charge in [-0.15, -0.1) is 16.4 Å². The summed E-state index contributed by atoms with van der Waals surface area (Å²) in [4.78, 5) is 5.63. The van der Waals surface area contributed by atoms with Gasteiger partial charge in [0, 0.05) is 40.3 Å². The largest absolute Gasteiger partial charge is 0.493 e. The highest BCUT2D eigenvalue weighted by Gasteiger charge is 2.15. The minimum absolute atomic E-state index is 0.542. The fourth-order valence-electron chi connectivity index (χ4n) is 4.62. The SMILES string of the molecule is COc1cc(N)cc(OC)c1OC.COc1cc(Nc2ccc3ncc(-c4cc5ccccc5s4)n3n2)cc(OC)c1OC. The molecule has 3 aromatic carbocycles. The number of nitrogen functional groups attached to an aromatic ring is 1. The number of methoxy groups -OCH3 is 6. The standard InChI is InChI=1S/C23H20N4O3S.C9H13NO3/c1-28-17-11-15(12-18(29-2)23(17)30-3)25-21-8-9-22-24-13-16(27(22)26-21)20-10-14-6-4-5-7-19(14)31-20;1-11-7-4-6(10)5-8(12-2)9(7)13-3/h4-13H,1-3H3,(H,25,26);4-5H,10H2,1-3H3. The molecule has 228 valence electrons. The number of hydrogen-bond acceptors (Lipinski definition) is 11. The molecule has 0 aliphatic rings. The molecule has 6 rings (SSSR count). The summed E-state index contributed by atoms with van der Waals surface area (Å²) in [6, 6.07) is 21.4. The summed E-state index contributed by atoms with van der Waals surface area (Å²) in [6.45, 7) is 0. The topological polar surface area (TPSA) is 124 Å². The Morgan fingerprint density at radius 1 is 0.705 bits per heavy atom. The van der Waals surface area contributed by atoms with E-state index in [1.54, 1.807) is 66.1 Å². The van der Waals surface area contributed by atoms with Gasteiger partial charge in [0.1, 0.15) is 5.69 Å². The lowest BCUT2D eigenvalue weighted by atomic mass is 10.2. The predicted molar refractivity (Wildman–Crippen MR) is 174 cm³/mol. The van der Waals surface area contributed by atoms with Crippen LogP contribution in [0, 0.1) is 0 Å². The fraction of sp³-hybridized carbons (Fsp3) is 0.188. The van der Waals surface area contributed by atoms with Gasteiger partial charge in [-0.3, -0.25) is 0 Å². The Labute approximate surface area is 258 Å². The molecule has 0 bridgehead atoms. The quantitative estimate of drug-likeness (QED) is 0.170. The van der Waals surface area contributed by atoms with E-state index in [0.29, 0.717) is 46.0 Å². The van der Waals surface area contributed by atoms with Gasteiger partial charge in [0.05, 0.1) is 53.7 Å². The maximum atomic E-state index is 5.62. The lowest BCUT2D eigenvalue weighted by molar-refractivity contribution is 0.324. The second-order valence-electron chi connectivity index (χ2n) is 9.28. The molecule has 3 heterocycles. The van der Waals surface area contributed by atoms with E-state index in [0.717, 1.165) is 21.9 Å². The van der Waals surface area contributed by atoms with Crippen LogP contribution in [0.25, 0.3) is 26.3 Å². The normalized spacial score (nSPS) is 10.6. The van der Waals surface area contributed by atoms with Crippen molar-refractivity contribution < 1.29 is 28.4 Å². The fourth-order valence-corrected chi connectivity index (χ4v) is 5.68. The first-order chi connectivity index (χ1) is 21.4. The maximum absolute atomic E-state index is 5.62. The highest BCUT2D eigenvalue weighted by molar-refractivity contribution is 7.22.